The summed E-state index contributed by atoms with van der Waals surface area (Å²) in [6.07, 6.45) is 0.261. The standard InChI is InChI=1S/C23H23N3O2S/c1-28-20-12-6-5-11-19(20)26(15-8-14-24)22(27)17-25-23(21-13-7-16-29-21)18-9-3-2-4-10-18/h2-7,9-13,16,23,25H,8,15,17H2,1H3/p+1/t23-/m1/s1. The second-order valence-corrected chi connectivity index (χ2v) is 7.45. The van der Waals surface area contributed by atoms with Crippen LogP contribution < -0.4 is 15.0 Å². The van der Waals surface area contributed by atoms with Crippen molar-refractivity contribution in [2.24, 2.45) is 0 Å². The Morgan fingerprint density at radius 1 is 1.14 bits per heavy atom. The fourth-order valence-electron chi connectivity index (χ4n) is 3.27. The molecular weight excluding hydrogens is 382 g/mol. The number of methoxy groups -OCH3 is 1. The minimum absolute atomic E-state index is 0.0515. The van der Waals surface area contributed by atoms with Gasteiger partial charge in [0.25, 0.3) is 5.91 Å². The van der Waals surface area contributed by atoms with Gasteiger partial charge in [-0.2, -0.15) is 5.26 Å². The summed E-state index contributed by atoms with van der Waals surface area (Å²) in [6.45, 7) is 0.597. The zero-order valence-corrected chi connectivity index (χ0v) is 17.1. The zero-order chi connectivity index (χ0) is 20.5. The Balaban J connectivity index is 1.80. The third-order valence-corrected chi connectivity index (χ3v) is 5.62. The molecule has 1 aromatic heterocycles. The van der Waals surface area contributed by atoms with E-state index >= 15 is 0 Å². The molecule has 1 atom stereocenters. The topological polar surface area (TPSA) is 69.9 Å². The first-order chi connectivity index (χ1) is 14.2. The Morgan fingerprint density at radius 3 is 2.59 bits per heavy atom. The highest BCUT2D eigenvalue weighted by Crippen LogP contribution is 2.28. The number of carbonyl (C=O) groups excluding carboxylic acids is 1. The lowest BCUT2D eigenvalue weighted by Gasteiger charge is -2.24. The van der Waals surface area contributed by atoms with Crippen molar-refractivity contribution >= 4 is 22.9 Å². The number of nitriles is 1. The van der Waals surface area contributed by atoms with Crippen LogP contribution in [0.1, 0.15) is 22.9 Å². The van der Waals surface area contributed by atoms with E-state index in [0.717, 1.165) is 5.56 Å². The molecule has 0 bridgehead atoms. The number of quaternary nitrogens is 1. The van der Waals surface area contributed by atoms with E-state index in [1.54, 1.807) is 23.3 Å². The maximum absolute atomic E-state index is 13.2. The first-order valence-corrected chi connectivity index (χ1v) is 10.3. The van der Waals surface area contributed by atoms with Crippen LogP contribution in [0.2, 0.25) is 0 Å². The number of rotatable bonds is 9. The SMILES string of the molecule is COc1ccccc1N(CCC#N)C(=O)C[NH2+][C@H](c1ccccc1)c1cccs1. The van der Waals surface area contributed by atoms with Crippen LogP contribution in [0, 0.1) is 11.3 Å². The first-order valence-electron chi connectivity index (χ1n) is 9.46. The number of hydrogen-bond acceptors (Lipinski definition) is 4. The van der Waals surface area contributed by atoms with Crippen LogP contribution in [-0.2, 0) is 4.79 Å². The van der Waals surface area contributed by atoms with E-state index in [9.17, 15) is 4.79 Å². The van der Waals surface area contributed by atoms with Crippen LogP contribution in [0.15, 0.2) is 72.1 Å². The van der Waals surface area contributed by atoms with Crippen molar-refractivity contribution in [3.63, 3.8) is 0 Å². The molecular formula is C23H24N3O2S+. The van der Waals surface area contributed by atoms with E-state index in [-0.39, 0.29) is 24.9 Å². The number of para-hydroxylation sites is 2. The minimum atomic E-state index is -0.0535. The van der Waals surface area contributed by atoms with Crippen LogP contribution in [0.4, 0.5) is 5.69 Å². The van der Waals surface area contributed by atoms with Gasteiger partial charge in [0.15, 0.2) is 6.54 Å². The van der Waals surface area contributed by atoms with Gasteiger partial charge in [-0.15, -0.1) is 11.3 Å². The van der Waals surface area contributed by atoms with Crippen molar-refractivity contribution in [2.45, 2.75) is 12.5 Å². The Hall–Kier alpha value is -3.14. The Kier molecular flexibility index (Phi) is 7.40. The summed E-state index contributed by atoms with van der Waals surface area (Å²) >= 11 is 1.68. The van der Waals surface area contributed by atoms with Gasteiger partial charge in [-0.1, -0.05) is 48.5 Å². The molecule has 2 N–H and O–H groups in total. The smallest absolute Gasteiger partial charge is 0.282 e. The number of hydrogen-bond donors (Lipinski definition) is 1. The molecule has 0 radical (unpaired) electrons. The van der Waals surface area contributed by atoms with Gasteiger partial charge >= 0.3 is 0 Å². The average Bonchev–Trinajstić information content (AvgIpc) is 3.30. The van der Waals surface area contributed by atoms with Gasteiger partial charge in [0.05, 0.1) is 30.2 Å². The molecule has 0 saturated carbocycles. The molecule has 0 spiro atoms. The van der Waals surface area contributed by atoms with Crippen molar-refractivity contribution in [1.82, 2.24) is 0 Å². The lowest BCUT2D eigenvalue weighted by Crippen LogP contribution is -2.87. The van der Waals surface area contributed by atoms with Gasteiger partial charge in [0, 0.05) is 12.1 Å². The van der Waals surface area contributed by atoms with Crippen molar-refractivity contribution in [3.8, 4) is 11.8 Å². The number of nitrogens with two attached hydrogens (primary N) is 1. The number of anilines is 1. The largest absolute Gasteiger partial charge is 0.495 e. The predicted molar refractivity (Wildman–Crippen MR) is 115 cm³/mol. The molecule has 1 heterocycles. The van der Waals surface area contributed by atoms with Gasteiger partial charge in [-0.3, -0.25) is 4.79 Å². The summed E-state index contributed by atoms with van der Waals surface area (Å²) in [5.74, 6) is 0.568. The Bertz CT molecular complexity index is 952. The highest BCUT2D eigenvalue weighted by atomic mass is 32.1. The molecule has 0 aliphatic heterocycles. The molecule has 0 unspecified atom stereocenters. The lowest BCUT2D eigenvalue weighted by molar-refractivity contribution is -0.676. The summed E-state index contributed by atoms with van der Waals surface area (Å²) in [6, 6.07) is 23.9. The zero-order valence-electron chi connectivity index (χ0n) is 16.3. The van der Waals surface area contributed by atoms with Crippen molar-refractivity contribution < 1.29 is 14.8 Å². The van der Waals surface area contributed by atoms with Crippen LogP contribution in [0.3, 0.4) is 0 Å². The van der Waals surface area contributed by atoms with Crippen LogP contribution in [-0.4, -0.2) is 26.1 Å². The summed E-state index contributed by atoms with van der Waals surface area (Å²) in [5.41, 5.74) is 1.85. The van der Waals surface area contributed by atoms with E-state index in [2.05, 4.69) is 35.0 Å². The predicted octanol–water partition coefficient (Wildman–Crippen LogP) is 3.36. The van der Waals surface area contributed by atoms with Crippen molar-refractivity contribution in [2.75, 3.05) is 25.1 Å². The molecule has 5 nitrogen and oxygen atoms in total. The van der Waals surface area contributed by atoms with Crippen molar-refractivity contribution in [1.29, 1.82) is 5.26 Å². The van der Waals surface area contributed by atoms with E-state index in [0.29, 0.717) is 18.0 Å². The molecule has 148 valence electrons. The fraction of sp³-hybridized carbons (Fsp3) is 0.217. The second-order valence-electron chi connectivity index (χ2n) is 6.47. The van der Waals surface area contributed by atoms with Crippen LogP contribution in [0.5, 0.6) is 5.75 Å². The quantitative estimate of drug-likeness (QED) is 0.592. The lowest BCUT2D eigenvalue weighted by atomic mass is 10.1. The van der Waals surface area contributed by atoms with Gasteiger partial charge < -0.3 is 15.0 Å². The highest BCUT2D eigenvalue weighted by Gasteiger charge is 2.24. The molecule has 1 amide bonds. The van der Waals surface area contributed by atoms with E-state index in [1.165, 1.54) is 4.88 Å². The van der Waals surface area contributed by atoms with E-state index < -0.39 is 0 Å². The number of nitrogens with zero attached hydrogens (tertiary/aromatic N) is 2. The molecule has 6 heteroatoms. The van der Waals surface area contributed by atoms with Gasteiger partial charge in [0.2, 0.25) is 0 Å². The number of thiophene rings is 1. The maximum atomic E-state index is 13.2. The number of amides is 1. The summed E-state index contributed by atoms with van der Waals surface area (Å²) in [5, 5.41) is 13.1. The molecule has 3 aromatic rings. The Labute approximate surface area is 175 Å². The van der Waals surface area contributed by atoms with Gasteiger partial charge in [0.1, 0.15) is 11.8 Å². The summed E-state index contributed by atoms with van der Waals surface area (Å²) < 4.78 is 5.42. The third kappa shape index (κ3) is 5.23. The second kappa shape index (κ2) is 10.4. The highest BCUT2D eigenvalue weighted by molar-refractivity contribution is 7.10. The Morgan fingerprint density at radius 2 is 1.90 bits per heavy atom. The van der Waals surface area contributed by atoms with E-state index in [4.69, 9.17) is 10.00 Å². The third-order valence-electron chi connectivity index (χ3n) is 4.66. The molecule has 0 fully saturated rings. The van der Waals surface area contributed by atoms with E-state index in [1.807, 2.05) is 48.5 Å². The van der Waals surface area contributed by atoms with Gasteiger partial charge in [-0.25, -0.2) is 0 Å². The molecule has 2 aromatic carbocycles. The average molecular weight is 407 g/mol. The van der Waals surface area contributed by atoms with Crippen LogP contribution >= 0.6 is 11.3 Å². The molecule has 0 saturated heterocycles. The van der Waals surface area contributed by atoms with Crippen molar-refractivity contribution in [3.05, 3.63) is 82.6 Å². The number of benzene rings is 2. The number of carbonyl (C=O) groups is 1. The maximum Gasteiger partial charge on any atom is 0.282 e. The summed E-state index contributed by atoms with van der Waals surface area (Å²) in [4.78, 5) is 16.0. The molecule has 0 aliphatic carbocycles. The minimum Gasteiger partial charge on any atom is -0.495 e. The molecule has 3 rings (SSSR count). The molecule has 29 heavy (non-hydrogen) atoms. The first kappa shape index (κ1) is 20.6. The van der Waals surface area contributed by atoms with Gasteiger partial charge in [-0.05, 0) is 23.6 Å². The number of ether oxygens (including phenoxy) is 1. The monoisotopic (exact) mass is 406 g/mol. The summed E-state index contributed by atoms with van der Waals surface area (Å²) in [7, 11) is 1.58. The fourth-order valence-corrected chi connectivity index (χ4v) is 4.12. The van der Waals surface area contributed by atoms with Crippen LogP contribution in [0.25, 0.3) is 0 Å². The molecule has 0 aliphatic rings. The normalized spacial score (nSPS) is 11.4.